The van der Waals surface area contributed by atoms with Crippen LogP contribution in [0, 0.1) is 11.3 Å². The van der Waals surface area contributed by atoms with Gasteiger partial charge in [0.05, 0.1) is 11.6 Å². The second-order valence-corrected chi connectivity index (χ2v) is 3.74. The summed E-state index contributed by atoms with van der Waals surface area (Å²) in [7, 11) is 0. The van der Waals surface area contributed by atoms with Gasteiger partial charge < -0.3 is 5.11 Å². The Morgan fingerprint density at radius 3 is 2.61 bits per heavy atom. The molecule has 2 aromatic rings. The van der Waals surface area contributed by atoms with E-state index >= 15 is 0 Å². The Morgan fingerprint density at radius 2 is 2.11 bits per heavy atom. The van der Waals surface area contributed by atoms with Crippen LogP contribution >= 0.6 is 0 Å². The molecule has 0 aliphatic carbocycles. The summed E-state index contributed by atoms with van der Waals surface area (Å²) in [5.74, 6) is -1.01. The fraction of sp³-hybridized carbons (Fsp3) is 0.154. The number of rotatable bonds is 3. The Bertz CT molecular complexity index is 621. The predicted octanol–water partition coefficient (Wildman–Crippen LogP) is 2.14. The van der Waals surface area contributed by atoms with Crippen molar-refractivity contribution in [2.75, 3.05) is 0 Å². The molecule has 0 spiro atoms. The predicted molar refractivity (Wildman–Crippen MR) is 65.0 cm³/mol. The molecule has 18 heavy (non-hydrogen) atoms. The van der Waals surface area contributed by atoms with Gasteiger partial charge in [-0.15, -0.1) is 0 Å². The number of hydrogen-bond acceptors (Lipinski definition) is 3. The smallest absolute Gasteiger partial charge is 0.339 e. The molecule has 1 heterocycles. The minimum absolute atomic E-state index is 0.168. The molecule has 5 nitrogen and oxygen atoms in total. The highest BCUT2D eigenvalue weighted by Crippen LogP contribution is 2.22. The van der Waals surface area contributed by atoms with E-state index in [9.17, 15) is 4.79 Å². The monoisotopic (exact) mass is 241 g/mol. The summed E-state index contributed by atoms with van der Waals surface area (Å²) in [6.45, 7) is 2.50. The molecule has 0 atom stereocenters. The van der Waals surface area contributed by atoms with Crippen molar-refractivity contribution in [2.45, 2.75) is 13.5 Å². The van der Waals surface area contributed by atoms with Crippen LogP contribution in [0.1, 0.15) is 22.8 Å². The number of hydrogen-bond donors (Lipinski definition) is 1. The van der Waals surface area contributed by atoms with E-state index in [0.29, 0.717) is 23.4 Å². The molecular formula is C13H11N3O2. The lowest BCUT2D eigenvalue weighted by Crippen LogP contribution is -1.96. The van der Waals surface area contributed by atoms with Gasteiger partial charge in [-0.3, -0.25) is 4.68 Å². The summed E-state index contributed by atoms with van der Waals surface area (Å²) in [6.07, 6.45) is 1.51. The number of nitriles is 1. The molecular weight excluding hydrogens is 230 g/mol. The van der Waals surface area contributed by atoms with Crippen molar-refractivity contribution in [1.82, 2.24) is 9.78 Å². The van der Waals surface area contributed by atoms with Crippen molar-refractivity contribution in [3.8, 4) is 17.3 Å². The number of carboxylic acids is 1. The normalized spacial score (nSPS) is 10.0. The highest BCUT2D eigenvalue weighted by Gasteiger charge is 2.16. The summed E-state index contributed by atoms with van der Waals surface area (Å²) >= 11 is 0. The second kappa shape index (κ2) is 4.72. The molecule has 2 rings (SSSR count). The van der Waals surface area contributed by atoms with Crippen molar-refractivity contribution in [2.24, 2.45) is 0 Å². The van der Waals surface area contributed by atoms with Crippen LogP contribution < -0.4 is 0 Å². The zero-order valence-corrected chi connectivity index (χ0v) is 9.79. The third-order valence-corrected chi connectivity index (χ3v) is 2.60. The van der Waals surface area contributed by atoms with E-state index in [0.717, 1.165) is 0 Å². The summed E-state index contributed by atoms with van der Waals surface area (Å²) in [5.41, 5.74) is 1.82. The standard InChI is InChI=1S/C13H11N3O2/c1-2-16-8-11(13(17)18)12(15-16)10-5-3-9(7-14)4-6-10/h3-6,8H,2H2,1H3,(H,17,18). The van der Waals surface area contributed by atoms with Gasteiger partial charge in [0.15, 0.2) is 0 Å². The lowest BCUT2D eigenvalue weighted by Gasteiger charge is -1.98. The van der Waals surface area contributed by atoms with Crippen LogP contribution in [0.3, 0.4) is 0 Å². The van der Waals surface area contributed by atoms with Crippen LogP contribution in [0.2, 0.25) is 0 Å². The summed E-state index contributed by atoms with van der Waals surface area (Å²) < 4.78 is 1.58. The topological polar surface area (TPSA) is 78.9 Å². The number of aromatic carboxylic acids is 1. The third-order valence-electron chi connectivity index (χ3n) is 2.60. The minimum Gasteiger partial charge on any atom is -0.478 e. The molecule has 0 amide bonds. The van der Waals surface area contributed by atoms with Gasteiger partial charge in [-0.1, -0.05) is 12.1 Å². The van der Waals surface area contributed by atoms with E-state index in [2.05, 4.69) is 5.10 Å². The first-order valence-electron chi connectivity index (χ1n) is 5.47. The van der Waals surface area contributed by atoms with E-state index < -0.39 is 5.97 Å². The lowest BCUT2D eigenvalue weighted by atomic mass is 10.1. The lowest BCUT2D eigenvalue weighted by molar-refractivity contribution is 0.0697. The first-order chi connectivity index (χ1) is 8.65. The largest absolute Gasteiger partial charge is 0.478 e. The SMILES string of the molecule is CCn1cc(C(=O)O)c(-c2ccc(C#N)cc2)n1. The molecule has 1 aromatic heterocycles. The first kappa shape index (κ1) is 11.9. The molecule has 0 bridgehead atoms. The van der Waals surface area contributed by atoms with Crippen molar-refractivity contribution in [3.05, 3.63) is 41.6 Å². The first-order valence-corrected chi connectivity index (χ1v) is 5.47. The fourth-order valence-electron chi connectivity index (χ4n) is 1.66. The minimum atomic E-state index is -1.01. The van der Waals surface area contributed by atoms with Gasteiger partial charge in [0.25, 0.3) is 0 Å². The average molecular weight is 241 g/mol. The van der Waals surface area contributed by atoms with Crippen LogP contribution in [0.5, 0.6) is 0 Å². The molecule has 90 valence electrons. The second-order valence-electron chi connectivity index (χ2n) is 3.74. The zero-order chi connectivity index (χ0) is 13.1. The van der Waals surface area contributed by atoms with Gasteiger partial charge in [0, 0.05) is 18.3 Å². The van der Waals surface area contributed by atoms with E-state index in [1.165, 1.54) is 6.20 Å². The highest BCUT2D eigenvalue weighted by molar-refractivity contribution is 5.94. The van der Waals surface area contributed by atoms with Gasteiger partial charge in [-0.05, 0) is 19.1 Å². The van der Waals surface area contributed by atoms with Gasteiger partial charge in [-0.25, -0.2) is 4.79 Å². The van der Waals surface area contributed by atoms with Crippen molar-refractivity contribution in [1.29, 1.82) is 5.26 Å². The van der Waals surface area contributed by atoms with Gasteiger partial charge >= 0.3 is 5.97 Å². The Morgan fingerprint density at radius 1 is 1.44 bits per heavy atom. The van der Waals surface area contributed by atoms with Crippen LogP contribution in [0.15, 0.2) is 30.5 Å². The van der Waals surface area contributed by atoms with E-state index in [-0.39, 0.29) is 5.56 Å². The molecule has 0 aliphatic rings. The van der Waals surface area contributed by atoms with Crippen LogP contribution in [-0.2, 0) is 6.54 Å². The molecule has 0 radical (unpaired) electrons. The molecule has 0 unspecified atom stereocenters. The molecule has 5 heteroatoms. The summed E-state index contributed by atoms with van der Waals surface area (Å²) in [4.78, 5) is 11.1. The molecule has 0 aliphatic heterocycles. The maximum atomic E-state index is 11.1. The zero-order valence-electron chi connectivity index (χ0n) is 9.79. The summed E-state index contributed by atoms with van der Waals surface area (Å²) in [5, 5.41) is 22.1. The van der Waals surface area contributed by atoms with E-state index in [4.69, 9.17) is 10.4 Å². The fourth-order valence-corrected chi connectivity index (χ4v) is 1.66. The van der Waals surface area contributed by atoms with Gasteiger partial charge in [0.2, 0.25) is 0 Å². The van der Waals surface area contributed by atoms with Crippen LogP contribution in [0.4, 0.5) is 0 Å². The molecule has 1 aromatic carbocycles. The van der Waals surface area contributed by atoms with Crippen LogP contribution in [-0.4, -0.2) is 20.9 Å². The number of benzene rings is 1. The molecule has 0 saturated heterocycles. The quantitative estimate of drug-likeness (QED) is 0.892. The van der Waals surface area contributed by atoms with Crippen molar-refractivity contribution >= 4 is 5.97 Å². The van der Waals surface area contributed by atoms with Gasteiger partial charge in [-0.2, -0.15) is 10.4 Å². The average Bonchev–Trinajstić information content (AvgIpc) is 2.83. The van der Waals surface area contributed by atoms with Crippen molar-refractivity contribution in [3.63, 3.8) is 0 Å². The Hall–Kier alpha value is -2.61. The molecule has 0 fully saturated rings. The number of carbonyl (C=O) groups is 1. The number of nitrogens with zero attached hydrogens (tertiary/aromatic N) is 3. The maximum absolute atomic E-state index is 11.1. The Balaban J connectivity index is 2.51. The summed E-state index contributed by atoms with van der Waals surface area (Å²) in [6, 6.07) is 8.71. The third kappa shape index (κ3) is 2.09. The van der Waals surface area contributed by atoms with Crippen molar-refractivity contribution < 1.29 is 9.90 Å². The number of aryl methyl sites for hydroxylation is 1. The van der Waals surface area contributed by atoms with Crippen LogP contribution in [0.25, 0.3) is 11.3 Å². The van der Waals surface area contributed by atoms with E-state index in [1.807, 2.05) is 13.0 Å². The van der Waals surface area contributed by atoms with E-state index in [1.54, 1.807) is 28.9 Å². The molecule has 0 saturated carbocycles. The number of aromatic nitrogens is 2. The Kier molecular flexibility index (Phi) is 3.11. The highest BCUT2D eigenvalue weighted by atomic mass is 16.4. The van der Waals surface area contributed by atoms with Gasteiger partial charge in [0.1, 0.15) is 11.3 Å². The maximum Gasteiger partial charge on any atom is 0.339 e. The number of carboxylic acid groups (broad SMARTS) is 1. The molecule has 1 N–H and O–H groups in total. The Labute approximate surface area is 104 Å².